The monoisotopic (exact) mass is 286 g/mol. The molecule has 0 aliphatic carbocycles. The van der Waals surface area contributed by atoms with Crippen molar-refractivity contribution >= 4 is 23.2 Å². The summed E-state index contributed by atoms with van der Waals surface area (Å²) in [6.07, 6.45) is -0.732. The molecule has 19 heavy (non-hydrogen) atoms. The fraction of sp³-hybridized carbons (Fsp3) is 0.462. The number of halogens is 2. The first-order valence-corrected chi connectivity index (χ1v) is 6.47. The third-order valence-electron chi connectivity index (χ3n) is 3.31. The highest BCUT2D eigenvalue weighted by Crippen LogP contribution is 2.23. The van der Waals surface area contributed by atoms with Crippen LogP contribution in [0.1, 0.15) is 12.0 Å². The highest BCUT2D eigenvalue weighted by molar-refractivity contribution is 6.33. The third-order valence-corrected chi connectivity index (χ3v) is 3.64. The molecule has 2 unspecified atom stereocenters. The molecule has 104 valence electrons. The summed E-state index contributed by atoms with van der Waals surface area (Å²) >= 11 is 5.89. The van der Waals surface area contributed by atoms with E-state index in [4.69, 9.17) is 22.4 Å². The molecule has 1 aliphatic rings. The minimum absolute atomic E-state index is 0.0484. The van der Waals surface area contributed by atoms with Crippen molar-refractivity contribution in [1.82, 2.24) is 4.90 Å². The van der Waals surface area contributed by atoms with E-state index >= 15 is 0 Å². The minimum atomic E-state index is -1.06. The Morgan fingerprint density at radius 2 is 2.32 bits per heavy atom. The molecule has 1 aromatic rings. The van der Waals surface area contributed by atoms with Gasteiger partial charge in [-0.15, -0.1) is 0 Å². The number of alkyl halides is 1. The fourth-order valence-corrected chi connectivity index (χ4v) is 2.50. The summed E-state index contributed by atoms with van der Waals surface area (Å²) < 4.78 is 13.3. The molecule has 6 heteroatoms. The Morgan fingerprint density at radius 3 is 2.95 bits per heavy atom. The number of anilines is 1. The number of nitrogen functional groups attached to an aromatic ring is 1. The number of carbonyl (C=O) groups excluding carboxylic acids is 1. The molecule has 1 aromatic carbocycles. The van der Waals surface area contributed by atoms with Gasteiger partial charge < -0.3 is 15.7 Å². The lowest BCUT2D eigenvalue weighted by atomic mass is 10.1. The van der Waals surface area contributed by atoms with Gasteiger partial charge >= 0.3 is 0 Å². The zero-order chi connectivity index (χ0) is 14.0. The maximum atomic E-state index is 13.3. The third kappa shape index (κ3) is 3.16. The van der Waals surface area contributed by atoms with Gasteiger partial charge in [-0.3, -0.25) is 4.79 Å². The first-order valence-electron chi connectivity index (χ1n) is 6.09. The first-order chi connectivity index (χ1) is 9.01. The molecule has 1 aliphatic heterocycles. The van der Waals surface area contributed by atoms with Gasteiger partial charge in [-0.1, -0.05) is 17.7 Å². The Hall–Kier alpha value is -1.33. The van der Waals surface area contributed by atoms with Gasteiger partial charge in [0.05, 0.1) is 36.3 Å². The molecule has 0 aromatic heterocycles. The summed E-state index contributed by atoms with van der Waals surface area (Å²) in [5, 5.41) is 9.55. The van der Waals surface area contributed by atoms with Crippen molar-refractivity contribution in [3.63, 3.8) is 0 Å². The van der Waals surface area contributed by atoms with E-state index < -0.39 is 12.2 Å². The van der Waals surface area contributed by atoms with Gasteiger partial charge in [0.25, 0.3) is 0 Å². The van der Waals surface area contributed by atoms with Crippen molar-refractivity contribution in [3.8, 4) is 0 Å². The van der Waals surface area contributed by atoms with Crippen LogP contribution in [0.2, 0.25) is 5.02 Å². The van der Waals surface area contributed by atoms with Crippen LogP contribution in [0.25, 0.3) is 0 Å². The van der Waals surface area contributed by atoms with Gasteiger partial charge in [0.15, 0.2) is 0 Å². The molecule has 1 fully saturated rings. The smallest absolute Gasteiger partial charge is 0.227 e. The SMILES string of the molecule is Nc1ccc(CC(=O)N2CC(F)CC2CO)cc1Cl. The Morgan fingerprint density at radius 1 is 1.58 bits per heavy atom. The predicted octanol–water partition coefficient (Wildman–Crippen LogP) is 1.40. The lowest BCUT2D eigenvalue weighted by molar-refractivity contribution is -0.132. The summed E-state index contributed by atoms with van der Waals surface area (Å²) in [6.45, 7) is -0.165. The fourth-order valence-electron chi connectivity index (χ4n) is 2.29. The second kappa shape index (κ2) is 5.75. The van der Waals surface area contributed by atoms with E-state index in [1.54, 1.807) is 18.2 Å². The average Bonchev–Trinajstić information content (AvgIpc) is 2.75. The van der Waals surface area contributed by atoms with Gasteiger partial charge in [-0.05, 0) is 17.7 Å². The lowest BCUT2D eigenvalue weighted by Crippen LogP contribution is -2.38. The second-order valence-electron chi connectivity index (χ2n) is 4.75. The maximum Gasteiger partial charge on any atom is 0.227 e. The van der Waals surface area contributed by atoms with E-state index in [2.05, 4.69) is 0 Å². The Kier molecular flexibility index (Phi) is 4.27. The van der Waals surface area contributed by atoms with Crippen molar-refractivity contribution in [3.05, 3.63) is 28.8 Å². The van der Waals surface area contributed by atoms with Crippen LogP contribution in [-0.2, 0) is 11.2 Å². The molecule has 4 nitrogen and oxygen atoms in total. The number of hydrogen-bond acceptors (Lipinski definition) is 3. The number of amides is 1. The van der Waals surface area contributed by atoms with Gasteiger partial charge in [0, 0.05) is 6.42 Å². The molecule has 0 bridgehead atoms. The van der Waals surface area contributed by atoms with E-state index in [0.29, 0.717) is 10.7 Å². The molecular weight excluding hydrogens is 271 g/mol. The van der Waals surface area contributed by atoms with Crippen molar-refractivity contribution in [2.45, 2.75) is 25.1 Å². The van der Waals surface area contributed by atoms with Gasteiger partial charge in [0.1, 0.15) is 6.17 Å². The number of aliphatic hydroxyl groups is 1. The standard InChI is InChI=1S/C13H16ClFN2O2/c14-11-3-8(1-2-12(11)16)4-13(19)17-6-9(15)5-10(17)7-18/h1-3,9-10,18H,4-7,16H2. The number of benzene rings is 1. The van der Waals surface area contributed by atoms with Gasteiger partial charge in [-0.25, -0.2) is 4.39 Å². The summed E-state index contributed by atoms with van der Waals surface area (Å²) in [6, 6.07) is 4.56. The van der Waals surface area contributed by atoms with Crippen LogP contribution in [0, 0.1) is 0 Å². The number of nitrogens with zero attached hydrogens (tertiary/aromatic N) is 1. The zero-order valence-electron chi connectivity index (χ0n) is 10.4. The zero-order valence-corrected chi connectivity index (χ0v) is 11.1. The van der Waals surface area contributed by atoms with Crippen molar-refractivity contribution in [1.29, 1.82) is 0 Å². The number of rotatable bonds is 3. The average molecular weight is 287 g/mol. The molecule has 1 amide bonds. The Labute approximate surface area is 116 Å². The van der Waals surface area contributed by atoms with E-state index in [0.717, 1.165) is 5.56 Å². The largest absolute Gasteiger partial charge is 0.398 e. The number of hydrogen-bond donors (Lipinski definition) is 2. The molecule has 3 N–H and O–H groups in total. The molecule has 1 saturated heterocycles. The minimum Gasteiger partial charge on any atom is -0.398 e. The summed E-state index contributed by atoms with van der Waals surface area (Å²) in [5.74, 6) is -0.208. The molecule has 0 saturated carbocycles. The number of carbonyl (C=O) groups is 1. The van der Waals surface area contributed by atoms with Crippen LogP contribution in [0.3, 0.4) is 0 Å². The van der Waals surface area contributed by atoms with Gasteiger partial charge in [-0.2, -0.15) is 0 Å². The highest BCUT2D eigenvalue weighted by atomic mass is 35.5. The predicted molar refractivity (Wildman–Crippen MR) is 71.7 cm³/mol. The topological polar surface area (TPSA) is 66.6 Å². The Bertz CT molecular complexity index is 484. The van der Waals surface area contributed by atoms with E-state index in [1.165, 1.54) is 4.90 Å². The van der Waals surface area contributed by atoms with Gasteiger partial charge in [0.2, 0.25) is 5.91 Å². The highest BCUT2D eigenvalue weighted by Gasteiger charge is 2.34. The maximum absolute atomic E-state index is 13.3. The lowest BCUT2D eigenvalue weighted by Gasteiger charge is -2.22. The van der Waals surface area contributed by atoms with Crippen molar-refractivity contribution in [2.75, 3.05) is 18.9 Å². The van der Waals surface area contributed by atoms with E-state index in [-0.39, 0.29) is 31.9 Å². The molecule has 1 heterocycles. The van der Waals surface area contributed by atoms with Crippen molar-refractivity contribution in [2.24, 2.45) is 0 Å². The number of aliphatic hydroxyl groups excluding tert-OH is 1. The van der Waals surface area contributed by atoms with Crippen LogP contribution >= 0.6 is 11.6 Å². The number of likely N-dealkylation sites (tertiary alicyclic amines) is 1. The normalized spacial score (nSPS) is 22.8. The van der Waals surface area contributed by atoms with Crippen LogP contribution in [-0.4, -0.2) is 41.3 Å². The first kappa shape index (κ1) is 14.1. The van der Waals surface area contributed by atoms with E-state index in [1.807, 2.05) is 0 Å². The quantitative estimate of drug-likeness (QED) is 0.826. The molecule has 0 radical (unpaired) electrons. The van der Waals surface area contributed by atoms with E-state index in [9.17, 15) is 9.18 Å². The van der Waals surface area contributed by atoms with Crippen molar-refractivity contribution < 1.29 is 14.3 Å². The summed E-state index contributed by atoms with van der Waals surface area (Å²) in [5.41, 5.74) is 6.77. The van der Waals surface area contributed by atoms with Crippen LogP contribution in [0.4, 0.5) is 10.1 Å². The van der Waals surface area contributed by atoms with Crippen LogP contribution in [0.15, 0.2) is 18.2 Å². The van der Waals surface area contributed by atoms with Crippen LogP contribution < -0.4 is 5.73 Å². The Balaban J connectivity index is 2.06. The summed E-state index contributed by atoms with van der Waals surface area (Å²) in [4.78, 5) is 13.5. The second-order valence-corrected chi connectivity index (χ2v) is 5.16. The van der Waals surface area contributed by atoms with Crippen LogP contribution in [0.5, 0.6) is 0 Å². The molecular formula is C13H16ClFN2O2. The molecule has 0 spiro atoms. The molecule has 2 atom stereocenters. The number of nitrogens with two attached hydrogens (primary N) is 1. The summed E-state index contributed by atoms with van der Waals surface area (Å²) in [7, 11) is 0. The molecule has 2 rings (SSSR count).